The summed E-state index contributed by atoms with van der Waals surface area (Å²) in [5.74, 6) is 2.24. The number of hydrogen-bond donors (Lipinski definition) is 0. The average Bonchev–Trinajstić information content (AvgIpc) is 3.05. The molecule has 0 spiro atoms. The summed E-state index contributed by atoms with van der Waals surface area (Å²) >= 11 is 3.88. The van der Waals surface area contributed by atoms with Gasteiger partial charge in [-0.2, -0.15) is 0 Å². The van der Waals surface area contributed by atoms with E-state index in [0.717, 1.165) is 22.8 Å². The lowest BCUT2D eigenvalue weighted by Gasteiger charge is -2.29. The molecule has 0 unspecified atom stereocenters. The molecule has 0 aromatic heterocycles. The van der Waals surface area contributed by atoms with Gasteiger partial charge in [-0.05, 0) is 5.56 Å². The Morgan fingerprint density at radius 3 is 2.10 bits per heavy atom. The summed E-state index contributed by atoms with van der Waals surface area (Å²) in [7, 11) is 1.62. The molecule has 2 aromatic carbocycles. The fraction of sp³-hybridized carbons (Fsp3) is 0.235. The maximum Gasteiger partial charge on any atom is 0.132 e. The van der Waals surface area contributed by atoms with Gasteiger partial charge in [0.05, 0.1) is 0 Å². The molecule has 0 radical (unpaired) electrons. The number of nitrogens with zero attached hydrogens (tertiary/aromatic N) is 1. The van der Waals surface area contributed by atoms with Crippen LogP contribution >= 0.6 is 23.5 Å². The molecule has 0 bridgehead atoms. The Morgan fingerprint density at radius 2 is 1.52 bits per heavy atom. The molecule has 1 saturated heterocycles. The summed E-state index contributed by atoms with van der Waals surface area (Å²) < 4.78 is -0.182. The number of thioether (sulfide) groups is 2. The third kappa shape index (κ3) is 2.83. The summed E-state index contributed by atoms with van der Waals surface area (Å²) in [5, 5.41) is 4.40. The second-order valence-corrected chi connectivity index (χ2v) is 7.55. The highest BCUT2D eigenvalue weighted by Crippen LogP contribution is 2.54. The third-order valence-corrected chi connectivity index (χ3v) is 6.84. The number of benzene rings is 2. The third-order valence-electron chi connectivity index (χ3n) is 3.39. The lowest BCUT2D eigenvalue weighted by molar-refractivity contribution is 0.212. The van der Waals surface area contributed by atoms with E-state index < -0.39 is 0 Å². The van der Waals surface area contributed by atoms with Gasteiger partial charge in [-0.3, -0.25) is 0 Å². The first-order valence-electron chi connectivity index (χ1n) is 6.87. The van der Waals surface area contributed by atoms with Crippen LogP contribution in [0.25, 0.3) is 0 Å². The molecule has 1 heterocycles. The Balaban J connectivity index is 2.13. The van der Waals surface area contributed by atoms with Gasteiger partial charge in [-0.15, -0.1) is 23.5 Å². The quantitative estimate of drug-likeness (QED) is 0.617. The summed E-state index contributed by atoms with van der Waals surface area (Å²) in [6.07, 6.45) is 0. The van der Waals surface area contributed by atoms with Crippen LogP contribution in [0.1, 0.15) is 11.1 Å². The first-order valence-corrected chi connectivity index (χ1v) is 8.84. The van der Waals surface area contributed by atoms with Crippen molar-refractivity contribution in [3.63, 3.8) is 0 Å². The van der Waals surface area contributed by atoms with E-state index in [2.05, 4.69) is 47.6 Å². The predicted octanol–water partition coefficient (Wildman–Crippen LogP) is 4.37. The van der Waals surface area contributed by atoms with Crippen molar-refractivity contribution in [1.82, 2.24) is 0 Å². The molecule has 21 heavy (non-hydrogen) atoms. The Bertz CT molecular complexity index is 607. The van der Waals surface area contributed by atoms with Gasteiger partial charge in [0.15, 0.2) is 0 Å². The first-order chi connectivity index (χ1) is 10.4. The van der Waals surface area contributed by atoms with E-state index in [1.807, 2.05) is 41.7 Å². The minimum atomic E-state index is -0.182. The molecule has 1 aliphatic heterocycles. The summed E-state index contributed by atoms with van der Waals surface area (Å²) in [6, 6.07) is 20.9. The highest BCUT2D eigenvalue weighted by atomic mass is 32.2. The van der Waals surface area contributed by atoms with Crippen molar-refractivity contribution in [2.45, 2.75) is 4.08 Å². The largest absolute Gasteiger partial charge is 0.399 e. The van der Waals surface area contributed by atoms with Crippen LogP contribution in [0.4, 0.5) is 0 Å². The zero-order valence-electron chi connectivity index (χ0n) is 11.9. The summed E-state index contributed by atoms with van der Waals surface area (Å²) in [5.41, 5.74) is 3.38. The minimum Gasteiger partial charge on any atom is -0.399 e. The molecule has 2 aromatic rings. The van der Waals surface area contributed by atoms with E-state index in [1.54, 1.807) is 7.11 Å². The summed E-state index contributed by atoms with van der Waals surface area (Å²) in [4.78, 5) is 5.18. The van der Waals surface area contributed by atoms with Crippen LogP contribution < -0.4 is 0 Å². The van der Waals surface area contributed by atoms with Gasteiger partial charge in [0.1, 0.15) is 16.9 Å². The van der Waals surface area contributed by atoms with Crippen LogP contribution in [-0.2, 0) is 8.92 Å². The second kappa shape index (κ2) is 6.58. The molecular weight excluding hydrogens is 298 g/mol. The molecule has 2 nitrogen and oxygen atoms in total. The zero-order chi connectivity index (χ0) is 14.5. The van der Waals surface area contributed by atoms with E-state index in [1.165, 1.54) is 5.56 Å². The lowest BCUT2D eigenvalue weighted by atomic mass is 10.0. The molecule has 108 valence electrons. The Hall–Kier alpha value is -1.39. The van der Waals surface area contributed by atoms with Crippen LogP contribution in [0, 0.1) is 0 Å². The van der Waals surface area contributed by atoms with Gasteiger partial charge in [0.25, 0.3) is 0 Å². The van der Waals surface area contributed by atoms with Crippen molar-refractivity contribution in [3.8, 4) is 0 Å². The monoisotopic (exact) mass is 315 g/mol. The highest BCUT2D eigenvalue weighted by Gasteiger charge is 2.43. The van der Waals surface area contributed by atoms with Crippen molar-refractivity contribution in [1.29, 1.82) is 0 Å². The minimum absolute atomic E-state index is 0.182. The molecule has 3 rings (SSSR count). The van der Waals surface area contributed by atoms with Crippen LogP contribution in [-0.4, -0.2) is 24.3 Å². The Morgan fingerprint density at radius 1 is 0.952 bits per heavy atom. The molecule has 0 atom stereocenters. The normalized spacial score (nSPS) is 17.7. The molecular formula is C17H17NOS2. The molecule has 0 amide bonds. The zero-order valence-corrected chi connectivity index (χ0v) is 13.5. The van der Waals surface area contributed by atoms with Gasteiger partial charge in [-0.25, -0.2) is 0 Å². The molecule has 1 fully saturated rings. The van der Waals surface area contributed by atoms with E-state index >= 15 is 0 Å². The standard InChI is InChI=1S/C17H17NOS2/c1-19-18-16(14-8-4-2-5-9-14)17(20-12-13-21-17)15-10-6-3-7-11-15/h2-11H,12-13H2,1H3. The maximum atomic E-state index is 5.18. The smallest absolute Gasteiger partial charge is 0.132 e. The van der Waals surface area contributed by atoms with Crippen molar-refractivity contribution in [2.24, 2.45) is 5.16 Å². The molecule has 0 aliphatic carbocycles. The van der Waals surface area contributed by atoms with Crippen LogP contribution in [0.5, 0.6) is 0 Å². The van der Waals surface area contributed by atoms with Gasteiger partial charge >= 0.3 is 0 Å². The van der Waals surface area contributed by atoms with E-state index in [0.29, 0.717) is 0 Å². The average molecular weight is 315 g/mol. The van der Waals surface area contributed by atoms with Crippen LogP contribution in [0.15, 0.2) is 65.8 Å². The van der Waals surface area contributed by atoms with Crippen LogP contribution in [0.3, 0.4) is 0 Å². The fourth-order valence-electron chi connectivity index (χ4n) is 2.50. The van der Waals surface area contributed by atoms with E-state index in [4.69, 9.17) is 4.84 Å². The topological polar surface area (TPSA) is 21.6 Å². The van der Waals surface area contributed by atoms with Gasteiger partial charge in [-0.1, -0.05) is 65.8 Å². The van der Waals surface area contributed by atoms with Gasteiger partial charge < -0.3 is 4.84 Å². The molecule has 1 aliphatic rings. The molecule has 4 heteroatoms. The van der Waals surface area contributed by atoms with Crippen molar-refractivity contribution in [3.05, 3.63) is 71.8 Å². The van der Waals surface area contributed by atoms with E-state index in [9.17, 15) is 0 Å². The number of rotatable bonds is 4. The predicted molar refractivity (Wildman–Crippen MR) is 93.0 cm³/mol. The Labute approximate surface area is 134 Å². The van der Waals surface area contributed by atoms with Crippen LogP contribution in [0.2, 0.25) is 0 Å². The fourth-order valence-corrected chi connectivity index (χ4v) is 5.76. The highest BCUT2D eigenvalue weighted by molar-refractivity contribution is 8.21. The van der Waals surface area contributed by atoms with Crippen molar-refractivity contribution < 1.29 is 4.84 Å². The lowest BCUT2D eigenvalue weighted by Crippen LogP contribution is -2.28. The Kier molecular flexibility index (Phi) is 4.56. The second-order valence-electron chi connectivity index (χ2n) is 4.67. The van der Waals surface area contributed by atoms with Gasteiger partial charge in [0, 0.05) is 17.1 Å². The molecule has 0 N–H and O–H groups in total. The number of hydrogen-bond acceptors (Lipinski definition) is 4. The van der Waals surface area contributed by atoms with Crippen molar-refractivity contribution >= 4 is 29.2 Å². The summed E-state index contributed by atoms with van der Waals surface area (Å²) in [6.45, 7) is 0. The molecule has 0 saturated carbocycles. The SMILES string of the molecule is CON=C(c1ccccc1)C1(c2ccccc2)SCCS1. The first kappa shape index (κ1) is 14.5. The number of oxime groups is 1. The van der Waals surface area contributed by atoms with Gasteiger partial charge in [0.2, 0.25) is 0 Å². The van der Waals surface area contributed by atoms with E-state index in [-0.39, 0.29) is 4.08 Å². The maximum absolute atomic E-state index is 5.18. The van der Waals surface area contributed by atoms with Crippen molar-refractivity contribution in [2.75, 3.05) is 18.6 Å².